The fourth-order valence-corrected chi connectivity index (χ4v) is 4.55. The van der Waals surface area contributed by atoms with Gasteiger partial charge in [-0.1, -0.05) is 0 Å². The summed E-state index contributed by atoms with van der Waals surface area (Å²) in [5.41, 5.74) is 2.10. The number of ether oxygens (including phenoxy) is 1. The molecule has 0 radical (unpaired) electrons. The highest BCUT2D eigenvalue weighted by molar-refractivity contribution is 5.96. The smallest absolute Gasteiger partial charge is 0.253 e. The first kappa shape index (κ1) is 22.3. The van der Waals surface area contributed by atoms with Crippen molar-refractivity contribution in [3.05, 3.63) is 24.2 Å². The molecule has 3 aliphatic rings. The standard InChI is InChI=1S/C20H27N5O2.2ClH/c1-25-11-23-17-5-15(9-22-19(17)25)20(26)24-16-4-13-7-21-8-14(13)6-18(16)27-10-12-2-3-12;;/h5,9,11-14,16,18,21H,2-4,6-8,10H2,1H3,(H,24,26);2*1H/t13-,14+,16-,18-;;/m0../s1. The van der Waals surface area contributed by atoms with Crippen LogP contribution in [0.1, 0.15) is 36.0 Å². The van der Waals surface area contributed by atoms with Gasteiger partial charge in [0, 0.05) is 19.9 Å². The summed E-state index contributed by atoms with van der Waals surface area (Å²) in [6, 6.07) is 1.89. The van der Waals surface area contributed by atoms with E-state index in [-0.39, 0.29) is 42.9 Å². The van der Waals surface area contributed by atoms with E-state index in [1.165, 1.54) is 12.8 Å². The Kier molecular flexibility index (Phi) is 7.04. The highest BCUT2D eigenvalue weighted by atomic mass is 35.5. The Morgan fingerprint density at radius 3 is 2.76 bits per heavy atom. The molecule has 5 rings (SSSR count). The van der Waals surface area contributed by atoms with Gasteiger partial charge in [-0.25, -0.2) is 9.97 Å². The maximum atomic E-state index is 12.9. The quantitative estimate of drug-likeness (QED) is 0.743. The molecule has 2 aromatic heterocycles. The van der Waals surface area contributed by atoms with Crippen LogP contribution in [0.5, 0.6) is 0 Å². The number of imidazole rings is 1. The second-order valence-corrected chi connectivity index (χ2v) is 8.47. The molecule has 0 aromatic carbocycles. The van der Waals surface area contributed by atoms with Crippen molar-refractivity contribution in [2.45, 2.75) is 37.8 Å². The van der Waals surface area contributed by atoms with Crippen LogP contribution in [-0.2, 0) is 11.8 Å². The van der Waals surface area contributed by atoms with Crippen LogP contribution >= 0.6 is 24.8 Å². The van der Waals surface area contributed by atoms with E-state index in [4.69, 9.17) is 4.74 Å². The number of halogens is 2. The van der Waals surface area contributed by atoms with Gasteiger partial charge in [0.2, 0.25) is 0 Å². The third kappa shape index (κ3) is 4.68. The molecule has 4 atom stereocenters. The molecule has 29 heavy (non-hydrogen) atoms. The molecule has 2 saturated carbocycles. The lowest BCUT2D eigenvalue weighted by atomic mass is 9.77. The number of carbonyl (C=O) groups excluding carboxylic acids is 1. The number of hydrogen-bond acceptors (Lipinski definition) is 5. The number of nitrogens with zero attached hydrogens (tertiary/aromatic N) is 3. The van der Waals surface area contributed by atoms with Gasteiger partial charge in [0.15, 0.2) is 5.65 Å². The first-order valence-corrected chi connectivity index (χ1v) is 10.1. The highest BCUT2D eigenvalue weighted by Crippen LogP contribution is 2.36. The predicted molar refractivity (Wildman–Crippen MR) is 116 cm³/mol. The Hall–Kier alpha value is -1.41. The largest absolute Gasteiger partial charge is 0.376 e. The Morgan fingerprint density at radius 1 is 1.24 bits per heavy atom. The zero-order valence-corrected chi connectivity index (χ0v) is 18.2. The summed E-state index contributed by atoms with van der Waals surface area (Å²) in [7, 11) is 1.90. The summed E-state index contributed by atoms with van der Waals surface area (Å²) in [6.45, 7) is 2.96. The number of fused-ring (bicyclic) bond motifs is 2. The minimum absolute atomic E-state index is 0. The molecule has 2 N–H and O–H groups in total. The molecule has 2 aliphatic carbocycles. The van der Waals surface area contributed by atoms with Crippen LogP contribution in [0.15, 0.2) is 18.6 Å². The van der Waals surface area contributed by atoms with Gasteiger partial charge in [0.05, 0.1) is 24.0 Å². The van der Waals surface area contributed by atoms with Crippen molar-refractivity contribution in [3.63, 3.8) is 0 Å². The maximum Gasteiger partial charge on any atom is 0.253 e. The van der Waals surface area contributed by atoms with Gasteiger partial charge in [0.25, 0.3) is 5.91 Å². The monoisotopic (exact) mass is 441 g/mol. The number of hydrogen-bond donors (Lipinski definition) is 2. The fourth-order valence-electron chi connectivity index (χ4n) is 4.55. The van der Waals surface area contributed by atoms with Crippen LogP contribution in [0, 0.1) is 17.8 Å². The maximum absolute atomic E-state index is 12.9. The van der Waals surface area contributed by atoms with Crippen LogP contribution in [0.2, 0.25) is 0 Å². The first-order valence-electron chi connectivity index (χ1n) is 10.1. The van der Waals surface area contributed by atoms with Gasteiger partial charge in [0.1, 0.15) is 5.52 Å². The van der Waals surface area contributed by atoms with E-state index >= 15 is 0 Å². The normalized spacial score (nSPS) is 28.3. The molecule has 0 spiro atoms. The molecule has 3 fully saturated rings. The minimum atomic E-state index is -0.0792. The number of carbonyl (C=O) groups is 1. The molecule has 1 saturated heterocycles. The van der Waals surface area contributed by atoms with Crippen molar-refractivity contribution < 1.29 is 9.53 Å². The number of nitrogens with one attached hydrogen (secondary N) is 2. The second kappa shape index (κ2) is 9.16. The van der Waals surface area contributed by atoms with Gasteiger partial charge in [-0.15, -0.1) is 24.8 Å². The van der Waals surface area contributed by atoms with Gasteiger partial charge in [-0.05, 0) is 62.6 Å². The summed E-state index contributed by atoms with van der Waals surface area (Å²) in [5.74, 6) is 1.96. The van der Waals surface area contributed by atoms with Gasteiger partial charge in [-0.3, -0.25) is 4.79 Å². The van der Waals surface area contributed by atoms with Gasteiger partial charge in [-0.2, -0.15) is 0 Å². The van der Waals surface area contributed by atoms with E-state index < -0.39 is 0 Å². The van der Waals surface area contributed by atoms with Crippen molar-refractivity contribution in [2.75, 3.05) is 19.7 Å². The molecule has 1 aliphatic heterocycles. The summed E-state index contributed by atoms with van der Waals surface area (Å²) >= 11 is 0. The second-order valence-electron chi connectivity index (χ2n) is 8.47. The Labute approximate surface area is 183 Å². The molecule has 2 aromatic rings. The summed E-state index contributed by atoms with van der Waals surface area (Å²) < 4.78 is 8.12. The van der Waals surface area contributed by atoms with Crippen molar-refractivity contribution >= 4 is 41.9 Å². The van der Waals surface area contributed by atoms with E-state index in [0.717, 1.165) is 49.6 Å². The predicted octanol–water partition coefficient (Wildman–Crippen LogP) is 2.33. The van der Waals surface area contributed by atoms with E-state index in [0.29, 0.717) is 17.4 Å². The Balaban J connectivity index is 0.00000120. The van der Waals surface area contributed by atoms with E-state index in [9.17, 15) is 4.79 Å². The van der Waals surface area contributed by atoms with Crippen LogP contribution < -0.4 is 10.6 Å². The number of amides is 1. The lowest BCUT2D eigenvalue weighted by Gasteiger charge is -2.38. The lowest BCUT2D eigenvalue weighted by molar-refractivity contribution is -0.0211. The Bertz CT molecular complexity index is 857. The summed E-state index contributed by atoms with van der Waals surface area (Å²) in [4.78, 5) is 21.6. The zero-order valence-electron chi connectivity index (χ0n) is 16.5. The molecule has 0 bridgehead atoms. The van der Waals surface area contributed by atoms with Crippen LogP contribution in [0.25, 0.3) is 11.2 Å². The third-order valence-corrected chi connectivity index (χ3v) is 6.39. The van der Waals surface area contributed by atoms with E-state index in [1.54, 1.807) is 12.5 Å². The van der Waals surface area contributed by atoms with Crippen LogP contribution in [-0.4, -0.2) is 52.3 Å². The third-order valence-electron chi connectivity index (χ3n) is 6.39. The molecule has 160 valence electrons. The molecular weight excluding hydrogens is 413 g/mol. The molecule has 0 unspecified atom stereocenters. The number of aromatic nitrogens is 3. The van der Waals surface area contributed by atoms with Crippen molar-refractivity contribution in [3.8, 4) is 0 Å². The van der Waals surface area contributed by atoms with E-state index in [2.05, 4.69) is 20.6 Å². The van der Waals surface area contributed by atoms with Gasteiger partial charge >= 0.3 is 0 Å². The number of aryl methyl sites for hydroxylation is 1. The SMILES string of the molecule is Cl.Cl.Cn1cnc2cc(C(=O)N[C@H]3C[C@H]4CNC[C@H]4C[C@@H]3OCC3CC3)cnc21. The summed E-state index contributed by atoms with van der Waals surface area (Å²) in [6.07, 6.45) is 8.06. The van der Waals surface area contributed by atoms with Crippen molar-refractivity contribution in [1.82, 2.24) is 25.2 Å². The zero-order chi connectivity index (χ0) is 18.4. The molecule has 3 heterocycles. The highest BCUT2D eigenvalue weighted by Gasteiger charge is 2.41. The molecule has 9 heteroatoms. The van der Waals surface area contributed by atoms with Crippen LogP contribution in [0.4, 0.5) is 0 Å². The average molecular weight is 442 g/mol. The topological polar surface area (TPSA) is 81.1 Å². The van der Waals surface area contributed by atoms with Crippen molar-refractivity contribution in [1.29, 1.82) is 0 Å². The van der Waals surface area contributed by atoms with Crippen LogP contribution in [0.3, 0.4) is 0 Å². The number of rotatable bonds is 5. The molecular formula is C20H29Cl2N5O2. The molecule has 1 amide bonds. The first-order chi connectivity index (χ1) is 13.2. The Morgan fingerprint density at radius 2 is 2.00 bits per heavy atom. The van der Waals surface area contributed by atoms with Crippen molar-refractivity contribution in [2.24, 2.45) is 24.8 Å². The fraction of sp³-hybridized carbons (Fsp3) is 0.650. The minimum Gasteiger partial charge on any atom is -0.376 e. The summed E-state index contributed by atoms with van der Waals surface area (Å²) in [5, 5.41) is 6.75. The number of pyridine rings is 1. The average Bonchev–Trinajstić information content (AvgIpc) is 3.28. The molecule has 7 nitrogen and oxygen atoms in total. The van der Waals surface area contributed by atoms with Gasteiger partial charge < -0.3 is 19.9 Å². The lowest BCUT2D eigenvalue weighted by Crippen LogP contribution is -2.50. The van der Waals surface area contributed by atoms with E-state index in [1.807, 2.05) is 17.7 Å².